The van der Waals surface area contributed by atoms with Gasteiger partial charge in [0.1, 0.15) is 0 Å². The van der Waals surface area contributed by atoms with Crippen LogP contribution in [0.5, 0.6) is 0 Å². The Balaban J connectivity index is 0.00000161. The molecule has 21 heavy (non-hydrogen) atoms. The molecule has 1 fully saturated rings. The molecule has 114 valence electrons. The first-order chi connectivity index (χ1) is 9.85. The van der Waals surface area contributed by atoms with Gasteiger partial charge in [-0.2, -0.15) is 15.0 Å². The summed E-state index contributed by atoms with van der Waals surface area (Å²) in [6, 6.07) is 10.6. The fraction of sp³-hybridized carbons (Fsp3) is 0.467. The van der Waals surface area contributed by atoms with Crippen LogP contribution in [0.15, 0.2) is 36.5 Å². The molecule has 3 rings (SSSR count). The van der Waals surface area contributed by atoms with Crippen LogP contribution in [0.1, 0.15) is 18.5 Å². The third-order valence-corrected chi connectivity index (χ3v) is 3.83. The van der Waals surface area contributed by atoms with E-state index in [0.717, 1.165) is 31.0 Å². The van der Waals surface area contributed by atoms with E-state index in [0.29, 0.717) is 6.04 Å². The normalized spacial score (nSPS) is 19.2. The molecule has 0 bridgehead atoms. The molecule has 2 heterocycles. The van der Waals surface area contributed by atoms with E-state index >= 15 is 0 Å². The number of likely N-dealkylation sites (N-methyl/N-ethyl adjacent to an activating group) is 1. The van der Waals surface area contributed by atoms with Crippen molar-refractivity contribution in [2.45, 2.75) is 25.4 Å². The van der Waals surface area contributed by atoms with E-state index in [4.69, 9.17) is 0 Å². The highest BCUT2D eigenvalue weighted by atomic mass is 35.5. The molecule has 0 radical (unpaired) electrons. The van der Waals surface area contributed by atoms with E-state index in [9.17, 15) is 0 Å². The Labute approximate surface area is 131 Å². The van der Waals surface area contributed by atoms with Crippen molar-refractivity contribution >= 4 is 12.4 Å². The largest absolute Gasteiger partial charge is 0.316 e. The summed E-state index contributed by atoms with van der Waals surface area (Å²) in [4.78, 5) is 4.15. The van der Waals surface area contributed by atoms with Crippen molar-refractivity contribution in [2.75, 3.05) is 20.1 Å². The Bertz CT molecular complexity index is 542. The highest BCUT2D eigenvalue weighted by molar-refractivity contribution is 5.85. The molecule has 6 heteroatoms. The van der Waals surface area contributed by atoms with Crippen molar-refractivity contribution in [3.05, 3.63) is 42.2 Å². The number of nitrogens with zero attached hydrogens (tertiary/aromatic N) is 4. The van der Waals surface area contributed by atoms with Gasteiger partial charge in [-0.1, -0.05) is 18.2 Å². The predicted molar refractivity (Wildman–Crippen MR) is 86.0 cm³/mol. The quantitative estimate of drug-likeness (QED) is 0.937. The summed E-state index contributed by atoms with van der Waals surface area (Å²) in [5, 5.41) is 12.3. The molecule has 2 aromatic rings. The lowest BCUT2D eigenvalue weighted by Crippen LogP contribution is -2.43. The summed E-state index contributed by atoms with van der Waals surface area (Å²) in [5.74, 6) is 0. The molecule has 0 amide bonds. The summed E-state index contributed by atoms with van der Waals surface area (Å²) in [7, 11) is 2.04. The first-order valence-electron chi connectivity index (χ1n) is 7.21. The highest BCUT2D eigenvalue weighted by Crippen LogP contribution is 2.13. The van der Waals surface area contributed by atoms with E-state index in [-0.39, 0.29) is 12.4 Å². The summed E-state index contributed by atoms with van der Waals surface area (Å²) in [6.07, 6.45) is 4.39. The van der Waals surface area contributed by atoms with Crippen LogP contribution < -0.4 is 5.32 Å². The number of rotatable bonds is 4. The van der Waals surface area contributed by atoms with Crippen LogP contribution in [-0.4, -0.2) is 46.1 Å². The molecular formula is C15H22ClN5. The lowest BCUT2D eigenvalue weighted by Gasteiger charge is -2.31. The molecule has 1 N–H and O–H groups in total. The fourth-order valence-electron chi connectivity index (χ4n) is 2.72. The fourth-order valence-corrected chi connectivity index (χ4v) is 2.72. The maximum Gasteiger partial charge on any atom is 0.0971 e. The van der Waals surface area contributed by atoms with Crippen LogP contribution >= 0.6 is 12.4 Å². The molecule has 1 saturated heterocycles. The van der Waals surface area contributed by atoms with Crippen molar-refractivity contribution in [3.8, 4) is 5.69 Å². The van der Waals surface area contributed by atoms with Crippen molar-refractivity contribution in [2.24, 2.45) is 0 Å². The number of likely N-dealkylation sites (tertiary alicyclic amines) is 1. The van der Waals surface area contributed by atoms with Crippen molar-refractivity contribution in [1.29, 1.82) is 0 Å². The highest BCUT2D eigenvalue weighted by Gasteiger charge is 2.19. The summed E-state index contributed by atoms with van der Waals surface area (Å²) in [6.45, 7) is 3.12. The van der Waals surface area contributed by atoms with Crippen molar-refractivity contribution in [3.63, 3.8) is 0 Å². The number of para-hydroxylation sites is 1. The Morgan fingerprint density at radius 2 is 2.10 bits per heavy atom. The van der Waals surface area contributed by atoms with Gasteiger partial charge < -0.3 is 5.32 Å². The van der Waals surface area contributed by atoms with Crippen LogP contribution in [-0.2, 0) is 6.54 Å². The van der Waals surface area contributed by atoms with Crippen LogP contribution in [0.2, 0.25) is 0 Å². The number of piperidine rings is 1. The minimum Gasteiger partial charge on any atom is -0.316 e. The number of hydrogen-bond donors (Lipinski definition) is 1. The van der Waals surface area contributed by atoms with Crippen molar-refractivity contribution < 1.29 is 0 Å². The first-order valence-corrected chi connectivity index (χ1v) is 7.21. The van der Waals surface area contributed by atoms with Gasteiger partial charge in [0.2, 0.25) is 0 Å². The van der Waals surface area contributed by atoms with E-state index in [1.165, 1.54) is 12.8 Å². The maximum absolute atomic E-state index is 4.57. The minimum absolute atomic E-state index is 0. The zero-order valence-corrected chi connectivity index (χ0v) is 13.1. The molecule has 1 aliphatic rings. The van der Waals surface area contributed by atoms with Gasteiger partial charge in [-0.3, -0.25) is 4.90 Å². The van der Waals surface area contributed by atoms with E-state index in [1.807, 2.05) is 43.6 Å². The number of aromatic nitrogens is 3. The topological polar surface area (TPSA) is 46.0 Å². The monoisotopic (exact) mass is 307 g/mol. The van der Waals surface area contributed by atoms with Gasteiger partial charge in [-0.25, -0.2) is 0 Å². The summed E-state index contributed by atoms with van der Waals surface area (Å²) < 4.78 is 0. The maximum atomic E-state index is 4.57. The van der Waals surface area contributed by atoms with Gasteiger partial charge in [0, 0.05) is 19.1 Å². The second kappa shape index (κ2) is 7.54. The zero-order chi connectivity index (χ0) is 13.8. The Morgan fingerprint density at radius 1 is 1.29 bits per heavy atom. The van der Waals surface area contributed by atoms with Gasteiger partial charge in [0.15, 0.2) is 0 Å². The molecule has 5 nitrogen and oxygen atoms in total. The summed E-state index contributed by atoms with van der Waals surface area (Å²) >= 11 is 0. The molecule has 1 aliphatic heterocycles. The average Bonchev–Trinajstić information content (AvgIpc) is 2.97. The SMILES string of the molecule is CNC1CCCN(Cc2cnn(-c3ccccc3)n2)C1.Cl. The molecule has 1 aromatic carbocycles. The van der Waals surface area contributed by atoms with Crippen LogP contribution in [0.3, 0.4) is 0 Å². The van der Waals surface area contributed by atoms with E-state index < -0.39 is 0 Å². The van der Waals surface area contributed by atoms with Gasteiger partial charge >= 0.3 is 0 Å². The third-order valence-electron chi connectivity index (χ3n) is 3.83. The van der Waals surface area contributed by atoms with Gasteiger partial charge in [0.05, 0.1) is 17.6 Å². The second-order valence-corrected chi connectivity index (χ2v) is 5.32. The van der Waals surface area contributed by atoms with E-state index in [1.54, 1.807) is 4.80 Å². The number of halogens is 1. The molecule has 1 atom stereocenters. The van der Waals surface area contributed by atoms with E-state index in [2.05, 4.69) is 20.4 Å². The van der Waals surface area contributed by atoms with Crippen molar-refractivity contribution in [1.82, 2.24) is 25.2 Å². The Kier molecular flexibility index (Phi) is 5.73. The van der Waals surface area contributed by atoms with Crippen LogP contribution in [0.4, 0.5) is 0 Å². The van der Waals surface area contributed by atoms with Gasteiger partial charge in [-0.15, -0.1) is 12.4 Å². The number of nitrogens with one attached hydrogen (secondary N) is 1. The Morgan fingerprint density at radius 3 is 2.86 bits per heavy atom. The molecule has 1 unspecified atom stereocenters. The third kappa shape index (κ3) is 4.03. The molecule has 0 aliphatic carbocycles. The lowest BCUT2D eigenvalue weighted by atomic mass is 10.1. The smallest absolute Gasteiger partial charge is 0.0971 e. The van der Waals surface area contributed by atoms with Crippen LogP contribution in [0, 0.1) is 0 Å². The number of benzene rings is 1. The van der Waals surface area contributed by atoms with Gasteiger partial charge in [0.25, 0.3) is 0 Å². The Hall–Kier alpha value is -1.43. The van der Waals surface area contributed by atoms with Crippen LogP contribution in [0.25, 0.3) is 5.69 Å². The molecule has 0 spiro atoms. The molecule has 1 aromatic heterocycles. The average molecular weight is 308 g/mol. The first kappa shape index (κ1) is 15.9. The van der Waals surface area contributed by atoms with Gasteiger partial charge in [-0.05, 0) is 38.6 Å². The number of hydrogen-bond acceptors (Lipinski definition) is 4. The standard InChI is InChI=1S/C15H21N5.ClH/c1-16-13-6-5-9-19(11-13)12-14-10-17-20(18-14)15-7-3-2-4-8-15;/h2-4,7-8,10,13,16H,5-6,9,11-12H2,1H3;1H. The second-order valence-electron chi connectivity index (χ2n) is 5.32. The molecular weight excluding hydrogens is 286 g/mol. The zero-order valence-electron chi connectivity index (χ0n) is 12.3. The minimum atomic E-state index is 0. The predicted octanol–water partition coefficient (Wildman–Crippen LogP) is 1.87. The summed E-state index contributed by atoms with van der Waals surface area (Å²) in [5.41, 5.74) is 2.04. The lowest BCUT2D eigenvalue weighted by molar-refractivity contribution is 0.186. The molecule has 0 saturated carbocycles.